The van der Waals surface area contributed by atoms with Gasteiger partial charge in [0.2, 0.25) is 0 Å². The Bertz CT molecular complexity index is 1710. The van der Waals surface area contributed by atoms with Crippen molar-refractivity contribution in [1.29, 1.82) is 0 Å². The minimum absolute atomic E-state index is 0. The first-order chi connectivity index (χ1) is 57.2. The summed E-state index contributed by atoms with van der Waals surface area (Å²) in [6, 6.07) is 0. The molecule has 0 aromatic heterocycles. The molecule has 0 atom stereocenters. The van der Waals surface area contributed by atoms with E-state index in [1.54, 1.807) is 0 Å². The van der Waals surface area contributed by atoms with Gasteiger partial charge in [-0.2, -0.15) is 13.5 Å². The summed E-state index contributed by atoms with van der Waals surface area (Å²) in [7, 11) is 0. The normalized spacial score (nSPS) is 10.9. The molecular formula is C106H206O8S5Sn2. The number of allylic oxidation sites excluding steroid dienone is 8. The first-order valence-electron chi connectivity index (χ1n) is 50.8. The molecule has 0 saturated carbocycles. The number of ether oxygens (including phenoxy) is 4. The van der Waals surface area contributed by atoms with Crippen molar-refractivity contribution in [2.24, 2.45) is 0 Å². The number of carbonyl (C=O) groups excluding carboxylic acids is 4. The SMILES string of the molecule is C.C.CCCCC/C=C/CCCCCCCCCCCCCCCCC(=O)OCC[S-].CCCCC/C=C/CCCCCCCCCCCCCCCCC(=O)OCC[S-].CCCCC/C=C/CCCCCCCCCCCCCCCCC(=O)OCC[S-].CCCCC/C=C/CCCCCCCCCCCCCCCCC(=O)OCC[S-].S.[Sn+2].[Sn+2]. The van der Waals surface area contributed by atoms with Crippen molar-refractivity contribution in [3.8, 4) is 0 Å². The summed E-state index contributed by atoms with van der Waals surface area (Å²) in [6.45, 7) is 10.6. The Morgan fingerprint density at radius 2 is 0.281 bits per heavy atom. The number of rotatable bonds is 92. The third-order valence-corrected chi connectivity index (χ3v) is 22.6. The average molecular weight is 2010 g/mol. The maximum absolute atomic E-state index is 11.3. The van der Waals surface area contributed by atoms with E-state index in [9.17, 15) is 19.2 Å². The van der Waals surface area contributed by atoms with Crippen LogP contribution in [0.5, 0.6) is 0 Å². The van der Waals surface area contributed by atoms with Crippen molar-refractivity contribution < 1.29 is 38.1 Å². The van der Waals surface area contributed by atoms with Crippen LogP contribution in [0.2, 0.25) is 0 Å². The van der Waals surface area contributed by atoms with Gasteiger partial charge in [0.05, 0.1) is 26.4 Å². The van der Waals surface area contributed by atoms with Gasteiger partial charge >= 0.3 is 71.7 Å². The molecule has 0 heterocycles. The van der Waals surface area contributed by atoms with E-state index in [0.717, 1.165) is 51.4 Å². The summed E-state index contributed by atoms with van der Waals surface area (Å²) in [6.07, 6.45) is 123. The van der Waals surface area contributed by atoms with Gasteiger partial charge in [-0.1, -0.05) is 451 Å². The molecule has 0 aromatic rings. The number of carbonyl (C=O) groups is 4. The number of hydrogen-bond donors (Lipinski definition) is 0. The molecule has 0 bridgehead atoms. The third-order valence-electron chi connectivity index (χ3n) is 22.0. The Morgan fingerprint density at radius 3 is 0.388 bits per heavy atom. The van der Waals surface area contributed by atoms with Crippen molar-refractivity contribution >= 4 is 136 Å². The van der Waals surface area contributed by atoms with Crippen molar-refractivity contribution in [2.45, 2.75) is 556 Å². The third kappa shape index (κ3) is 143. The van der Waals surface area contributed by atoms with E-state index in [0.29, 0.717) is 75.1 Å². The summed E-state index contributed by atoms with van der Waals surface area (Å²) in [4.78, 5) is 45.3. The molecule has 0 fully saturated rings. The Labute approximate surface area is 820 Å². The monoisotopic (exact) mass is 2010 g/mol. The molecule has 0 N–H and O–H groups in total. The molecule has 0 spiro atoms. The van der Waals surface area contributed by atoms with Crippen molar-refractivity contribution in [1.82, 2.24) is 0 Å². The quantitative estimate of drug-likeness (QED) is 0.0145. The fourth-order valence-electron chi connectivity index (χ4n) is 14.5. The van der Waals surface area contributed by atoms with Crippen LogP contribution >= 0.6 is 13.5 Å². The molecule has 121 heavy (non-hydrogen) atoms. The van der Waals surface area contributed by atoms with Crippen LogP contribution in [-0.4, -0.2) is 121 Å². The van der Waals surface area contributed by atoms with Crippen LogP contribution in [0, 0.1) is 0 Å². The second-order valence-electron chi connectivity index (χ2n) is 33.5. The van der Waals surface area contributed by atoms with E-state index < -0.39 is 0 Å². The molecule has 0 saturated heterocycles. The van der Waals surface area contributed by atoms with Crippen LogP contribution in [0.25, 0.3) is 0 Å². The van der Waals surface area contributed by atoms with Gasteiger partial charge in [-0.3, -0.25) is 19.2 Å². The largest absolute Gasteiger partial charge is 2.00 e. The van der Waals surface area contributed by atoms with Gasteiger partial charge in [0.1, 0.15) is 0 Å². The summed E-state index contributed by atoms with van der Waals surface area (Å²) in [5, 5.41) is 0. The Balaban J connectivity index is -0.000000195. The molecule has 0 rings (SSSR count). The van der Waals surface area contributed by atoms with Gasteiger partial charge in [0.25, 0.3) is 0 Å². The molecule has 0 amide bonds. The van der Waals surface area contributed by atoms with Gasteiger partial charge in [-0.25, -0.2) is 0 Å². The zero-order valence-corrected chi connectivity index (χ0v) is 89.2. The van der Waals surface area contributed by atoms with Crippen LogP contribution in [0.1, 0.15) is 556 Å². The van der Waals surface area contributed by atoms with Crippen molar-refractivity contribution in [2.75, 3.05) is 49.4 Å². The Kier molecular flexibility index (Phi) is 156. The van der Waals surface area contributed by atoms with E-state index in [1.165, 1.54) is 437 Å². The summed E-state index contributed by atoms with van der Waals surface area (Å²) in [5.41, 5.74) is 0. The summed E-state index contributed by atoms with van der Waals surface area (Å²) >= 11 is 19.0. The van der Waals surface area contributed by atoms with Crippen molar-refractivity contribution in [3.05, 3.63) is 48.6 Å². The predicted octanol–water partition coefficient (Wildman–Crippen LogP) is 34.4. The maximum Gasteiger partial charge on any atom is 2.00 e. The van der Waals surface area contributed by atoms with Gasteiger partial charge in [0, 0.05) is 25.7 Å². The van der Waals surface area contributed by atoms with Gasteiger partial charge in [0.15, 0.2) is 0 Å². The first kappa shape index (κ1) is 139. The standard InChI is InChI=1S/4C26H50O2S.2CH4.H2S.2Sn/c4*1-2-3-4-5-6-7-8-9-10-11-12-13-14-15-16-17-18-19-20-21-22-23-26(27)28-24-25-29;;;;;/h4*6-7,29H,2-5,8-25H2,1H3;2*1H4;1H2;;/q;;;;;;;2*+2/p-4/b4*7-6+;;;;;. The second kappa shape index (κ2) is 136. The van der Waals surface area contributed by atoms with Crippen LogP contribution in [0.4, 0.5) is 0 Å². The molecule has 0 aromatic carbocycles. The number of unbranched alkanes of at least 4 members (excludes halogenated alkanes) is 68. The minimum Gasteiger partial charge on any atom is -0.789 e. The molecular weight excluding hydrogens is 1800 g/mol. The van der Waals surface area contributed by atoms with Crippen molar-refractivity contribution in [3.63, 3.8) is 0 Å². The van der Waals surface area contributed by atoms with Crippen LogP contribution in [0.3, 0.4) is 0 Å². The van der Waals surface area contributed by atoms with Gasteiger partial charge in [-0.05, 0) is 128 Å². The smallest absolute Gasteiger partial charge is 0.789 e. The molecule has 15 heteroatoms. The maximum atomic E-state index is 11.3. The summed E-state index contributed by atoms with van der Waals surface area (Å²) < 4.78 is 20.0. The van der Waals surface area contributed by atoms with E-state index in [4.69, 9.17) is 69.5 Å². The fourth-order valence-corrected chi connectivity index (χ4v) is 14.8. The Hall–Kier alpha value is 0.187. The molecule has 0 aliphatic rings. The molecule has 0 unspecified atom stereocenters. The van der Waals surface area contributed by atoms with Crippen LogP contribution in [-0.2, 0) is 88.6 Å². The second-order valence-corrected chi connectivity index (χ2v) is 35.2. The predicted molar refractivity (Wildman–Crippen MR) is 557 cm³/mol. The van der Waals surface area contributed by atoms with E-state index in [1.807, 2.05) is 0 Å². The Morgan fingerprint density at radius 1 is 0.182 bits per heavy atom. The fraction of sp³-hybridized carbons (Fsp3) is 0.887. The van der Waals surface area contributed by atoms with E-state index in [2.05, 4.69) is 76.3 Å². The zero-order chi connectivity index (χ0) is 85.0. The van der Waals surface area contributed by atoms with Crippen LogP contribution < -0.4 is 0 Å². The number of esters is 4. The topological polar surface area (TPSA) is 105 Å². The van der Waals surface area contributed by atoms with Gasteiger partial charge < -0.3 is 69.5 Å². The molecule has 716 valence electrons. The molecule has 0 aliphatic carbocycles. The molecule has 0 aliphatic heterocycles. The molecule has 4 radical (unpaired) electrons. The van der Waals surface area contributed by atoms with Crippen LogP contribution in [0.15, 0.2) is 48.6 Å². The average Bonchev–Trinajstić information content (AvgIpc) is 1.07. The summed E-state index contributed by atoms with van der Waals surface area (Å²) in [5.74, 6) is 1.69. The first-order valence-corrected chi connectivity index (χ1v) is 53.1. The molecule has 8 nitrogen and oxygen atoms in total. The van der Waals surface area contributed by atoms with E-state index >= 15 is 0 Å². The minimum atomic E-state index is -0.0792. The zero-order valence-electron chi connectivity index (χ0n) is 79.2. The van der Waals surface area contributed by atoms with Gasteiger partial charge in [-0.15, -0.1) is 23.0 Å². The van der Waals surface area contributed by atoms with E-state index in [-0.39, 0.29) is 100 Å². The number of hydrogen-bond acceptors (Lipinski definition) is 12.